The van der Waals surface area contributed by atoms with E-state index in [4.69, 9.17) is 4.42 Å². The molecule has 0 aliphatic rings. The van der Waals surface area contributed by atoms with E-state index >= 15 is 0 Å². The van der Waals surface area contributed by atoms with Crippen LogP contribution in [0.5, 0.6) is 0 Å². The zero-order valence-electron chi connectivity index (χ0n) is 12.8. The summed E-state index contributed by atoms with van der Waals surface area (Å²) in [6.07, 6.45) is 1.59. The Hall–Kier alpha value is -2.83. The smallest absolute Gasteiger partial charge is 0.246 e. The van der Waals surface area contributed by atoms with Crippen LogP contribution in [0.15, 0.2) is 52.1 Å². The van der Waals surface area contributed by atoms with Crippen LogP contribution in [0.4, 0.5) is 10.1 Å². The highest BCUT2D eigenvalue weighted by molar-refractivity contribution is 5.94. The first-order chi connectivity index (χ1) is 11.2. The molecule has 0 aliphatic carbocycles. The lowest BCUT2D eigenvalue weighted by Crippen LogP contribution is -2.37. The van der Waals surface area contributed by atoms with E-state index in [-0.39, 0.29) is 12.5 Å². The second-order valence-electron chi connectivity index (χ2n) is 4.69. The van der Waals surface area contributed by atoms with Gasteiger partial charge in [-0.2, -0.15) is 0 Å². The second kappa shape index (κ2) is 8.57. The maximum absolute atomic E-state index is 13.1. The highest BCUT2D eigenvalue weighted by atomic mass is 19.1. The van der Waals surface area contributed by atoms with Gasteiger partial charge in [-0.15, -0.1) is 0 Å². The second-order valence-corrected chi connectivity index (χ2v) is 4.69. The van der Waals surface area contributed by atoms with Crippen molar-refractivity contribution in [2.45, 2.75) is 13.5 Å². The van der Waals surface area contributed by atoms with Crippen LogP contribution in [0, 0.1) is 5.82 Å². The van der Waals surface area contributed by atoms with Crippen molar-refractivity contribution in [1.82, 2.24) is 10.6 Å². The molecule has 23 heavy (non-hydrogen) atoms. The summed E-state index contributed by atoms with van der Waals surface area (Å²) in [6.45, 7) is 2.97. The van der Waals surface area contributed by atoms with Crippen LogP contribution in [-0.4, -0.2) is 25.0 Å². The molecule has 2 rings (SSSR count). The van der Waals surface area contributed by atoms with E-state index in [0.717, 1.165) is 5.76 Å². The molecule has 2 aromatic rings. The molecule has 7 heteroatoms. The number of anilines is 1. The molecule has 0 atom stereocenters. The third-order valence-electron chi connectivity index (χ3n) is 2.84. The average Bonchev–Trinajstić information content (AvgIpc) is 3.03. The predicted octanol–water partition coefficient (Wildman–Crippen LogP) is 2.11. The minimum Gasteiger partial charge on any atom is -0.467 e. The Labute approximate surface area is 133 Å². The van der Waals surface area contributed by atoms with Crippen LogP contribution in [0.3, 0.4) is 0 Å². The monoisotopic (exact) mass is 318 g/mol. The Morgan fingerprint density at radius 1 is 1.26 bits per heavy atom. The number of hydrogen-bond acceptors (Lipinski definition) is 3. The van der Waals surface area contributed by atoms with Gasteiger partial charge in [0.05, 0.1) is 12.8 Å². The first-order valence-corrected chi connectivity index (χ1v) is 7.27. The van der Waals surface area contributed by atoms with Gasteiger partial charge in [-0.1, -0.05) is 6.07 Å². The topological polar surface area (TPSA) is 78.7 Å². The minimum atomic E-state index is -0.403. The number of benzene rings is 1. The number of furan rings is 1. The van der Waals surface area contributed by atoms with Crippen LogP contribution in [0.25, 0.3) is 0 Å². The molecular formula is C16H19FN4O2. The Morgan fingerprint density at radius 3 is 2.83 bits per heavy atom. The molecule has 122 valence electrons. The summed E-state index contributed by atoms with van der Waals surface area (Å²) in [5, 5.41) is 8.68. The number of carbonyl (C=O) groups is 1. The molecule has 0 saturated heterocycles. The number of halogens is 1. The maximum atomic E-state index is 13.1. The molecule has 0 fully saturated rings. The number of nitrogens with zero attached hydrogens (tertiary/aromatic N) is 1. The van der Waals surface area contributed by atoms with E-state index in [1.165, 1.54) is 18.2 Å². The highest BCUT2D eigenvalue weighted by Crippen LogP contribution is 2.08. The molecule has 1 amide bonds. The fourth-order valence-corrected chi connectivity index (χ4v) is 1.84. The van der Waals surface area contributed by atoms with Gasteiger partial charge in [0.15, 0.2) is 5.96 Å². The maximum Gasteiger partial charge on any atom is 0.246 e. The lowest BCUT2D eigenvalue weighted by molar-refractivity contribution is -0.114. The van der Waals surface area contributed by atoms with Crippen LogP contribution in [-0.2, 0) is 11.3 Å². The third-order valence-corrected chi connectivity index (χ3v) is 2.84. The van der Waals surface area contributed by atoms with Gasteiger partial charge < -0.3 is 20.4 Å². The summed E-state index contributed by atoms with van der Waals surface area (Å²) in [5.74, 6) is 0.531. The molecule has 0 unspecified atom stereocenters. The Bertz CT molecular complexity index is 656. The number of nitrogens with one attached hydrogen (secondary N) is 3. The Morgan fingerprint density at radius 2 is 2.13 bits per heavy atom. The molecule has 0 spiro atoms. The number of hydrogen-bond donors (Lipinski definition) is 3. The van der Waals surface area contributed by atoms with Crippen molar-refractivity contribution in [1.29, 1.82) is 0 Å². The average molecular weight is 318 g/mol. The number of carbonyl (C=O) groups excluding carboxylic acids is 1. The van der Waals surface area contributed by atoms with Gasteiger partial charge in [0.25, 0.3) is 0 Å². The first kappa shape index (κ1) is 16.5. The summed E-state index contributed by atoms with van der Waals surface area (Å²) >= 11 is 0. The lowest BCUT2D eigenvalue weighted by Gasteiger charge is -2.10. The molecule has 0 saturated carbocycles. The quantitative estimate of drug-likeness (QED) is 0.563. The fourth-order valence-electron chi connectivity index (χ4n) is 1.84. The van der Waals surface area contributed by atoms with E-state index in [1.54, 1.807) is 18.4 Å². The number of guanidine groups is 1. The number of rotatable bonds is 6. The standard InChI is InChI=1S/C16H19FN4O2/c1-2-18-16(19-10-14-7-4-8-23-14)20-11-15(22)21-13-6-3-5-12(17)9-13/h3-9H,2,10-11H2,1H3,(H,21,22)(H2,18,19,20). The lowest BCUT2D eigenvalue weighted by atomic mass is 10.3. The molecule has 6 nitrogen and oxygen atoms in total. The van der Waals surface area contributed by atoms with Gasteiger partial charge in [-0.05, 0) is 37.3 Å². The molecule has 0 radical (unpaired) electrons. The molecule has 0 aliphatic heterocycles. The van der Waals surface area contributed by atoms with Crippen molar-refractivity contribution >= 4 is 17.6 Å². The summed E-state index contributed by atoms with van der Waals surface area (Å²) in [4.78, 5) is 16.0. The fraction of sp³-hybridized carbons (Fsp3) is 0.250. The van der Waals surface area contributed by atoms with Crippen molar-refractivity contribution in [3.05, 3.63) is 54.2 Å². The van der Waals surface area contributed by atoms with Crippen LogP contribution in [0.2, 0.25) is 0 Å². The SMILES string of the molecule is CCNC(=NCC(=O)Nc1cccc(F)c1)NCc1ccco1. The van der Waals surface area contributed by atoms with E-state index in [2.05, 4.69) is 20.9 Å². The predicted molar refractivity (Wildman–Crippen MR) is 86.6 cm³/mol. The molecule has 0 bridgehead atoms. The van der Waals surface area contributed by atoms with Crippen molar-refractivity contribution < 1.29 is 13.6 Å². The molecule has 1 aromatic heterocycles. The normalized spacial score (nSPS) is 11.1. The van der Waals surface area contributed by atoms with Crippen LogP contribution >= 0.6 is 0 Å². The molecular weight excluding hydrogens is 299 g/mol. The van der Waals surface area contributed by atoms with Gasteiger partial charge in [0.1, 0.15) is 18.1 Å². The highest BCUT2D eigenvalue weighted by Gasteiger charge is 2.04. The molecule has 3 N–H and O–H groups in total. The van der Waals surface area contributed by atoms with Gasteiger partial charge in [0, 0.05) is 12.2 Å². The van der Waals surface area contributed by atoms with Crippen LogP contribution < -0.4 is 16.0 Å². The van der Waals surface area contributed by atoms with Crippen molar-refractivity contribution in [3.8, 4) is 0 Å². The van der Waals surface area contributed by atoms with Gasteiger partial charge in [-0.25, -0.2) is 9.38 Å². The van der Waals surface area contributed by atoms with E-state index in [0.29, 0.717) is 24.7 Å². The van der Waals surface area contributed by atoms with Crippen molar-refractivity contribution in [3.63, 3.8) is 0 Å². The van der Waals surface area contributed by atoms with E-state index in [9.17, 15) is 9.18 Å². The first-order valence-electron chi connectivity index (χ1n) is 7.27. The largest absolute Gasteiger partial charge is 0.467 e. The summed E-state index contributed by atoms with van der Waals surface area (Å²) in [5.41, 5.74) is 0.402. The zero-order valence-corrected chi connectivity index (χ0v) is 12.8. The van der Waals surface area contributed by atoms with E-state index in [1.807, 2.05) is 13.0 Å². The summed E-state index contributed by atoms with van der Waals surface area (Å²) in [7, 11) is 0. The number of aliphatic imine (C=N–C) groups is 1. The zero-order chi connectivity index (χ0) is 16.5. The third kappa shape index (κ3) is 5.82. The van der Waals surface area contributed by atoms with Crippen molar-refractivity contribution in [2.75, 3.05) is 18.4 Å². The minimum absolute atomic E-state index is 0.0794. The van der Waals surface area contributed by atoms with Crippen molar-refractivity contribution in [2.24, 2.45) is 4.99 Å². The summed E-state index contributed by atoms with van der Waals surface area (Å²) in [6, 6.07) is 9.35. The Kier molecular flexibility index (Phi) is 6.17. The van der Waals surface area contributed by atoms with Crippen LogP contribution in [0.1, 0.15) is 12.7 Å². The number of amides is 1. The van der Waals surface area contributed by atoms with Gasteiger partial charge >= 0.3 is 0 Å². The van der Waals surface area contributed by atoms with Gasteiger partial charge in [-0.3, -0.25) is 4.79 Å². The summed E-state index contributed by atoms with van der Waals surface area (Å²) < 4.78 is 18.3. The Balaban J connectivity index is 1.87. The van der Waals surface area contributed by atoms with Gasteiger partial charge in [0.2, 0.25) is 5.91 Å². The molecule has 1 aromatic carbocycles. The molecule has 1 heterocycles. The van der Waals surface area contributed by atoms with E-state index < -0.39 is 5.82 Å².